The van der Waals surface area contributed by atoms with Gasteiger partial charge >= 0.3 is 0 Å². The third kappa shape index (κ3) is 1.86. The topological polar surface area (TPSA) is 25.8 Å². The Morgan fingerprint density at radius 1 is 1.15 bits per heavy atom. The van der Waals surface area contributed by atoms with E-state index in [0.717, 1.165) is 11.2 Å². The summed E-state index contributed by atoms with van der Waals surface area (Å²) in [6.45, 7) is 8.09. The predicted molar refractivity (Wildman–Crippen MR) is 58.2 cm³/mol. The molecule has 70 valence electrons. The molecule has 0 amide bonds. The molecule has 0 N–H and O–H groups in total. The van der Waals surface area contributed by atoms with Crippen LogP contribution in [-0.4, -0.2) is 9.97 Å². The highest BCUT2D eigenvalue weighted by Gasteiger charge is 2.02. The lowest BCUT2D eigenvalue weighted by Crippen LogP contribution is -1.82. The zero-order valence-electron chi connectivity index (χ0n) is 8.46. The standard InChI is InChI=1S/C8H8N2S.C2H6/c1-5-3-11-8-6(2)9-4-10-7(5)8;1-2/h3-4H,1-2H3;1-2H3. The van der Waals surface area contributed by atoms with Gasteiger partial charge in [0.25, 0.3) is 0 Å². The molecule has 2 nitrogen and oxygen atoms in total. The second-order valence-electron chi connectivity index (χ2n) is 2.56. The summed E-state index contributed by atoms with van der Waals surface area (Å²) in [7, 11) is 0. The average molecular weight is 194 g/mol. The van der Waals surface area contributed by atoms with Gasteiger partial charge in [-0.2, -0.15) is 0 Å². The monoisotopic (exact) mass is 194 g/mol. The van der Waals surface area contributed by atoms with Gasteiger partial charge in [0.15, 0.2) is 0 Å². The molecule has 0 aliphatic rings. The molecule has 0 aromatic carbocycles. The lowest BCUT2D eigenvalue weighted by Gasteiger charge is -1.92. The number of fused-ring (bicyclic) bond motifs is 1. The molecule has 2 rings (SSSR count). The van der Waals surface area contributed by atoms with E-state index in [2.05, 4.69) is 22.3 Å². The maximum atomic E-state index is 4.20. The van der Waals surface area contributed by atoms with Crippen molar-refractivity contribution in [2.75, 3.05) is 0 Å². The molecule has 0 bridgehead atoms. The maximum Gasteiger partial charge on any atom is 0.116 e. The van der Waals surface area contributed by atoms with E-state index in [0.29, 0.717) is 0 Å². The molecule has 0 fully saturated rings. The first kappa shape index (κ1) is 10.1. The fourth-order valence-corrected chi connectivity index (χ4v) is 2.04. The highest BCUT2D eigenvalue weighted by molar-refractivity contribution is 7.17. The molecule has 2 aromatic heterocycles. The van der Waals surface area contributed by atoms with Crippen LogP contribution < -0.4 is 0 Å². The van der Waals surface area contributed by atoms with Crippen molar-refractivity contribution in [1.29, 1.82) is 0 Å². The summed E-state index contributed by atoms with van der Waals surface area (Å²) in [4.78, 5) is 8.32. The van der Waals surface area contributed by atoms with E-state index in [1.165, 1.54) is 10.3 Å². The Hall–Kier alpha value is -0.960. The summed E-state index contributed by atoms with van der Waals surface area (Å²) in [5.41, 5.74) is 3.42. The van der Waals surface area contributed by atoms with Crippen LogP contribution in [0.25, 0.3) is 10.2 Å². The lowest BCUT2D eigenvalue weighted by molar-refractivity contribution is 1.15. The maximum absolute atomic E-state index is 4.20. The fraction of sp³-hybridized carbons (Fsp3) is 0.400. The van der Waals surface area contributed by atoms with E-state index >= 15 is 0 Å². The van der Waals surface area contributed by atoms with Gasteiger partial charge in [-0.15, -0.1) is 11.3 Å². The van der Waals surface area contributed by atoms with Crippen LogP contribution in [0, 0.1) is 13.8 Å². The highest BCUT2D eigenvalue weighted by Crippen LogP contribution is 2.24. The predicted octanol–water partition coefficient (Wildman–Crippen LogP) is 3.33. The van der Waals surface area contributed by atoms with Gasteiger partial charge in [-0.3, -0.25) is 0 Å². The quantitative estimate of drug-likeness (QED) is 0.643. The number of hydrogen-bond acceptors (Lipinski definition) is 3. The van der Waals surface area contributed by atoms with Gasteiger partial charge in [-0.05, 0) is 24.8 Å². The number of hydrogen-bond donors (Lipinski definition) is 0. The number of aromatic nitrogens is 2. The van der Waals surface area contributed by atoms with Crippen LogP contribution in [0.4, 0.5) is 0 Å². The van der Waals surface area contributed by atoms with Crippen molar-refractivity contribution in [3.05, 3.63) is 23.0 Å². The van der Waals surface area contributed by atoms with E-state index < -0.39 is 0 Å². The van der Waals surface area contributed by atoms with Crippen LogP contribution in [0.1, 0.15) is 25.1 Å². The molecule has 3 heteroatoms. The molecule has 0 aliphatic carbocycles. The van der Waals surface area contributed by atoms with Crippen LogP contribution in [0.3, 0.4) is 0 Å². The first-order chi connectivity index (χ1) is 6.29. The van der Waals surface area contributed by atoms with Crippen molar-refractivity contribution in [3.8, 4) is 0 Å². The van der Waals surface area contributed by atoms with Crippen molar-refractivity contribution in [2.45, 2.75) is 27.7 Å². The van der Waals surface area contributed by atoms with Crippen molar-refractivity contribution >= 4 is 21.6 Å². The molecular formula is C10H14N2S. The third-order valence-corrected chi connectivity index (χ3v) is 2.90. The molecule has 0 radical (unpaired) electrons. The second kappa shape index (κ2) is 4.33. The summed E-state index contributed by atoms with van der Waals surface area (Å²) < 4.78 is 1.21. The normalized spacial score (nSPS) is 9.54. The molecule has 2 heterocycles. The molecule has 13 heavy (non-hydrogen) atoms. The summed E-state index contributed by atoms with van der Waals surface area (Å²) in [5.74, 6) is 0. The van der Waals surface area contributed by atoms with E-state index in [-0.39, 0.29) is 0 Å². The lowest BCUT2D eigenvalue weighted by atomic mass is 10.3. The van der Waals surface area contributed by atoms with Gasteiger partial charge in [-0.25, -0.2) is 9.97 Å². The van der Waals surface area contributed by atoms with Crippen molar-refractivity contribution in [1.82, 2.24) is 9.97 Å². The number of thiophene rings is 1. The van der Waals surface area contributed by atoms with E-state index in [1.807, 2.05) is 20.8 Å². The van der Waals surface area contributed by atoms with Gasteiger partial charge in [0.2, 0.25) is 0 Å². The van der Waals surface area contributed by atoms with Crippen LogP contribution in [0.15, 0.2) is 11.7 Å². The second-order valence-corrected chi connectivity index (χ2v) is 3.44. The van der Waals surface area contributed by atoms with Gasteiger partial charge in [0, 0.05) is 0 Å². The Morgan fingerprint density at radius 2 is 1.85 bits per heavy atom. The van der Waals surface area contributed by atoms with E-state index in [9.17, 15) is 0 Å². The minimum atomic E-state index is 1.08. The fourth-order valence-electron chi connectivity index (χ4n) is 1.09. The minimum Gasteiger partial charge on any atom is -0.240 e. The molecule has 0 atom stereocenters. The van der Waals surface area contributed by atoms with Crippen molar-refractivity contribution < 1.29 is 0 Å². The zero-order chi connectivity index (χ0) is 9.84. The molecular weight excluding hydrogens is 180 g/mol. The SMILES string of the molecule is CC.Cc1csc2c(C)ncnc12. The molecule has 0 spiro atoms. The summed E-state index contributed by atoms with van der Waals surface area (Å²) in [5, 5.41) is 2.12. The number of aryl methyl sites for hydroxylation is 2. The van der Waals surface area contributed by atoms with E-state index in [4.69, 9.17) is 0 Å². The Kier molecular flexibility index (Phi) is 3.37. The Labute approximate surface area is 82.7 Å². The smallest absolute Gasteiger partial charge is 0.116 e. The Bertz CT molecular complexity index is 393. The molecule has 0 unspecified atom stereocenters. The Morgan fingerprint density at radius 3 is 2.46 bits per heavy atom. The summed E-state index contributed by atoms with van der Waals surface area (Å²) >= 11 is 1.72. The molecule has 0 saturated carbocycles. The third-order valence-electron chi connectivity index (χ3n) is 1.71. The van der Waals surface area contributed by atoms with Gasteiger partial charge in [0.1, 0.15) is 6.33 Å². The Balaban J connectivity index is 0.000000396. The van der Waals surface area contributed by atoms with Crippen molar-refractivity contribution in [3.63, 3.8) is 0 Å². The van der Waals surface area contributed by atoms with Gasteiger partial charge < -0.3 is 0 Å². The van der Waals surface area contributed by atoms with Crippen LogP contribution >= 0.6 is 11.3 Å². The average Bonchev–Trinajstić information content (AvgIpc) is 2.53. The van der Waals surface area contributed by atoms with Gasteiger partial charge in [-0.1, -0.05) is 13.8 Å². The van der Waals surface area contributed by atoms with Crippen LogP contribution in [-0.2, 0) is 0 Å². The van der Waals surface area contributed by atoms with Gasteiger partial charge in [0.05, 0.1) is 15.9 Å². The summed E-state index contributed by atoms with van der Waals surface area (Å²) in [6, 6.07) is 0. The zero-order valence-corrected chi connectivity index (χ0v) is 9.27. The molecule has 0 aliphatic heterocycles. The molecule has 2 aromatic rings. The highest BCUT2D eigenvalue weighted by atomic mass is 32.1. The number of rotatable bonds is 0. The molecule has 0 saturated heterocycles. The first-order valence-electron chi connectivity index (χ1n) is 4.44. The van der Waals surface area contributed by atoms with Crippen LogP contribution in [0.5, 0.6) is 0 Å². The summed E-state index contributed by atoms with van der Waals surface area (Å²) in [6.07, 6.45) is 1.62. The van der Waals surface area contributed by atoms with Crippen LogP contribution in [0.2, 0.25) is 0 Å². The minimum absolute atomic E-state index is 1.08. The number of nitrogens with zero attached hydrogens (tertiary/aromatic N) is 2. The van der Waals surface area contributed by atoms with Crippen molar-refractivity contribution in [2.24, 2.45) is 0 Å². The largest absolute Gasteiger partial charge is 0.240 e. The van der Waals surface area contributed by atoms with E-state index in [1.54, 1.807) is 17.7 Å². The first-order valence-corrected chi connectivity index (χ1v) is 5.32.